The second-order valence-corrected chi connectivity index (χ2v) is 5.79. The minimum atomic E-state index is -0.508. The van der Waals surface area contributed by atoms with Crippen molar-refractivity contribution in [2.75, 3.05) is 0 Å². The summed E-state index contributed by atoms with van der Waals surface area (Å²) in [4.78, 5) is 0. The highest BCUT2D eigenvalue weighted by molar-refractivity contribution is 9.10. The van der Waals surface area contributed by atoms with Gasteiger partial charge in [0.25, 0.3) is 0 Å². The molecule has 1 N–H and O–H groups in total. The average Bonchev–Trinajstić information content (AvgIpc) is 2.47. The molecule has 0 saturated heterocycles. The SMILES string of the molecule is CC(O)c1ccc(Oc2cccc3ccccc23)cc1Br. The molecule has 0 aliphatic carbocycles. The standard InChI is InChI=1S/C18H15BrO2/c1-12(20)15-10-9-14(11-17(15)19)21-18-8-4-6-13-5-2-3-7-16(13)18/h2-12,20H,1H3. The number of halogens is 1. The van der Waals surface area contributed by atoms with Crippen LogP contribution < -0.4 is 4.74 Å². The van der Waals surface area contributed by atoms with Crippen LogP contribution in [0.1, 0.15) is 18.6 Å². The van der Waals surface area contributed by atoms with E-state index in [0.29, 0.717) is 0 Å². The number of rotatable bonds is 3. The maximum atomic E-state index is 9.66. The van der Waals surface area contributed by atoms with Crippen LogP contribution in [0.15, 0.2) is 65.1 Å². The van der Waals surface area contributed by atoms with Crippen molar-refractivity contribution in [2.24, 2.45) is 0 Å². The molecule has 0 heterocycles. The smallest absolute Gasteiger partial charge is 0.135 e. The molecular formula is C18H15BrO2. The average molecular weight is 343 g/mol. The predicted molar refractivity (Wildman–Crippen MR) is 88.8 cm³/mol. The Labute approximate surface area is 132 Å². The number of benzene rings is 3. The zero-order valence-corrected chi connectivity index (χ0v) is 13.2. The summed E-state index contributed by atoms with van der Waals surface area (Å²) < 4.78 is 6.84. The first-order chi connectivity index (χ1) is 10.1. The first-order valence-corrected chi connectivity index (χ1v) is 7.57. The Morgan fingerprint density at radius 2 is 1.76 bits per heavy atom. The summed E-state index contributed by atoms with van der Waals surface area (Å²) in [5, 5.41) is 11.9. The van der Waals surface area contributed by atoms with Crippen molar-refractivity contribution in [1.29, 1.82) is 0 Å². The van der Waals surface area contributed by atoms with Crippen LogP contribution in [0.4, 0.5) is 0 Å². The minimum absolute atomic E-state index is 0.508. The summed E-state index contributed by atoms with van der Waals surface area (Å²) in [5.74, 6) is 1.56. The lowest BCUT2D eigenvalue weighted by atomic mass is 10.1. The Morgan fingerprint density at radius 1 is 1.00 bits per heavy atom. The second-order valence-electron chi connectivity index (χ2n) is 4.94. The van der Waals surface area contributed by atoms with E-state index in [4.69, 9.17) is 4.74 Å². The van der Waals surface area contributed by atoms with Gasteiger partial charge in [0.1, 0.15) is 11.5 Å². The number of hydrogen-bond donors (Lipinski definition) is 1. The van der Waals surface area contributed by atoms with Crippen LogP contribution >= 0.6 is 15.9 Å². The van der Waals surface area contributed by atoms with Crippen molar-refractivity contribution < 1.29 is 9.84 Å². The molecule has 0 bridgehead atoms. The Hall–Kier alpha value is -1.84. The van der Waals surface area contributed by atoms with E-state index >= 15 is 0 Å². The van der Waals surface area contributed by atoms with Gasteiger partial charge in [0.2, 0.25) is 0 Å². The molecule has 21 heavy (non-hydrogen) atoms. The van der Waals surface area contributed by atoms with E-state index in [9.17, 15) is 5.11 Å². The third-order valence-corrected chi connectivity index (χ3v) is 4.09. The van der Waals surface area contributed by atoms with Crippen LogP contribution in [-0.4, -0.2) is 5.11 Å². The monoisotopic (exact) mass is 342 g/mol. The van der Waals surface area contributed by atoms with Crippen LogP contribution in [0.2, 0.25) is 0 Å². The molecule has 0 aliphatic heterocycles. The molecule has 0 aromatic heterocycles. The van der Waals surface area contributed by atoms with Gasteiger partial charge >= 0.3 is 0 Å². The van der Waals surface area contributed by atoms with Gasteiger partial charge in [-0.3, -0.25) is 0 Å². The lowest BCUT2D eigenvalue weighted by molar-refractivity contribution is 0.198. The summed E-state index contributed by atoms with van der Waals surface area (Å²) in [6.45, 7) is 1.74. The summed E-state index contributed by atoms with van der Waals surface area (Å²) in [7, 11) is 0. The number of ether oxygens (including phenoxy) is 1. The van der Waals surface area contributed by atoms with Crippen molar-refractivity contribution in [1.82, 2.24) is 0 Å². The molecule has 1 unspecified atom stereocenters. The Kier molecular flexibility index (Phi) is 3.95. The van der Waals surface area contributed by atoms with Crippen LogP contribution in [0.3, 0.4) is 0 Å². The molecule has 3 heteroatoms. The van der Waals surface area contributed by atoms with Crippen molar-refractivity contribution in [3.8, 4) is 11.5 Å². The molecule has 0 saturated carbocycles. The van der Waals surface area contributed by atoms with Crippen LogP contribution in [0.25, 0.3) is 10.8 Å². The van der Waals surface area contributed by atoms with Gasteiger partial charge in [0, 0.05) is 9.86 Å². The first kappa shape index (κ1) is 14.1. The third kappa shape index (κ3) is 2.94. The van der Waals surface area contributed by atoms with Crippen molar-refractivity contribution in [3.63, 3.8) is 0 Å². The zero-order valence-electron chi connectivity index (χ0n) is 11.6. The van der Waals surface area contributed by atoms with E-state index < -0.39 is 6.10 Å². The van der Waals surface area contributed by atoms with Crippen LogP contribution in [0, 0.1) is 0 Å². The van der Waals surface area contributed by atoms with Crippen LogP contribution in [0.5, 0.6) is 11.5 Å². The summed E-state index contributed by atoms with van der Waals surface area (Å²) in [6, 6.07) is 19.7. The predicted octanol–water partition coefficient (Wildman–Crippen LogP) is 5.45. The van der Waals surface area contributed by atoms with Gasteiger partial charge < -0.3 is 9.84 Å². The van der Waals surface area contributed by atoms with E-state index in [0.717, 1.165) is 32.3 Å². The molecule has 0 radical (unpaired) electrons. The van der Waals surface area contributed by atoms with E-state index in [1.165, 1.54) is 0 Å². The Morgan fingerprint density at radius 3 is 2.52 bits per heavy atom. The number of fused-ring (bicyclic) bond motifs is 1. The normalized spacial score (nSPS) is 12.3. The van der Waals surface area contributed by atoms with E-state index in [1.807, 2.05) is 48.5 Å². The number of aliphatic hydroxyl groups excluding tert-OH is 1. The molecule has 3 rings (SSSR count). The fourth-order valence-electron chi connectivity index (χ4n) is 2.32. The molecule has 2 nitrogen and oxygen atoms in total. The maximum Gasteiger partial charge on any atom is 0.135 e. The molecule has 3 aromatic carbocycles. The van der Waals surface area contributed by atoms with Gasteiger partial charge in [-0.25, -0.2) is 0 Å². The van der Waals surface area contributed by atoms with Gasteiger partial charge in [0.15, 0.2) is 0 Å². The quantitative estimate of drug-likeness (QED) is 0.685. The fraction of sp³-hybridized carbons (Fsp3) is 0.111. The fourth-order valence-corrected chi connectivity index (χ4v) is 3.01. The van der Waals surface area contributed by atoms with Gasteiger partial charge in [-0.05, 0) is 36.1 Å². The molecule has 3 aromatic rings. The summed E-state index contributed by atoms with van der Waals surface area (Å²) in [6.07, 6.45) is -0.508. The third-order valence-electron chi connectivity index (χ3n) is 3.40. The second kappa shape index (κ2) is 5.88. The number of hydrogen-bond acceptors (Lipinski definition) is 2. The van der Waals surface area contributed by atoms with E-state index in [1.54, 1.807) is 6.92 Å². The maximum absolute atomic E-state index is 9.66. The van der Waals surface area contributed by atoms with Gasteiger partial charge in [-0.2, -0.15) is 0 Å². The molecule has 0 spiro atoms. The lowest BCUT2D eigenvalue weighted by Gasteiger charge is -2.12. The topological polar surface area (TPSA) is 29.5 Å². The summed E-state index contributed by atoms with van der Waals surface area (Å²) >= 11 is 3.47. The van der Waals surface area contributed by atoms with Crippen molar-refractivity contribution >= 4 is 26.7 Å². The van der Waals surface area contributed by atoms with Crippen molar-refractivity contribution in [2.45, 2.75) is 13.0 Å². The Bertz CT molecular complexity index is 776. The molecule has 0 fully saturated rings. The highest BCUT2D eigenvalue weighted by atomic mass is 79.9. The largest absolute Gasteiger partial charge is 0.457 e. The molecule has 1 atom stereocenters. The molecular weight excluding hydrogens is 328 g/mol. The highest BCUT2D eigenvalue weighted by Crippen LogP contribution is 2.33. The van der Waals surface area contributed by atoms with E-state index in [2.05, 4.69) is 28.1 Å². The zero-order chi connectivity index (χ0) is 14.8. The molecule has 0 amide bonds. The summed E-state index contributed by atoms with van der Waals surface area (Å²) in [5.41, 5.74) is 0.847. The molecule has 106 valence electrons. The number of aliphatic hydroxyl groups is 1. The van der Waals surface area contributed by atoms with Crippen molar-refractivity contribution in [3.05, 3.63) is 70.7 Å². The van der Waals surface area contributed by atoms with E-state index in [-0.39, 0.29) is 0 Å². The minimum Gasteiger partial charge on any atom is -0.457 e. The highest BCUT2D eigenvalue weighted by Gasteiger charge is 2.08. The van der Waals surface area contributed by atoms with Gasteiger partial charge in [-0.15, -0.1) is 0 Å². The van der Waals surface area contributed by atoms with Gasteiger partial charge in [-0.1, -0.05) is 58.4 Å². The molecule has 0 aliphatic rings. The van der Waals surface area contributed by atoms with Gasteiger partial charge in [0.05, 0.1) is 6.10 Å². The lowest BCUT2D eigenvalue weighted by Crippen LogP contribution is -1.93. The Balaban J connectivity index is 1.97. The van der Waals surface area contributed by atoms with Crippen LogP contribution in [-0.2, 0) is 0 Å². The first-order valence-electron chi connectivity index (χ1n) is 6.78.